The molecule has 1 amide bonds. The quantitative estimate of drug-likeness (QED) is 0.716. The molecule has 1 aliphatic heterocycles. The monoisotopic (exact) mass is 246 g/mol. The van der Waals surface area contributed by atoms with Crippen molar-refractivity contribution < 1.29 is 9.53 Å². The van der Waals surface area contributed by atoms with Crippen LogP contribution < -0.4 is 10.6 Å². The molecule has 0 radical (unpaired) electrons. The molecule has 1 heterocycles. The molecule has 1 aliphatic rings. The summed E-state index contributed by atoms with van der Waals surface area (Å²) in [6.45, 7) is 4.48. The van der Waals surface area contributed by atoms with Crippen LogP contribution >= 0.6 is 11.8 Å². The molecule has 4 nitrogen and oxygen atoms in total. The average Bonchev–Trinajstić information content (AvgIpc) is 2.28. The summed E-state index contributed by atoms with van der Waals surface area (Å²) < 4.78 is 5.02. The van der Waals surface area contributed by atoms with Crippen LogP contribution in [-0.4, -0.2) is 50.3 Å². The van der Waals surface area contributed by atoms with Crippen LogP contribution in [0.15, 0.2) is 0 Å². The molecule has 1 saturated heterocycles. The molecule has 94 valence electrons. The van der Waals surface area contributed by atoms with Gasteiger partial charge in [-0.1, -0.05) is 6.92 Å². The first-order valence-electron chi connectivity index (χ1n) is 5.79. The third kappa shape index (κ3) is 5.72. The topological polar surface area (TPSA) is 50.4 Å². The summed E-state index contributed by atoms with van der Waals surface area (Å²) in [5.41, 5.74) is 0. The van der Waals surface area contributed by atoms with Gasteiger partial charge in [0.25, 0.3) is 0 Å². The lowest BCUT2D eigenvalue weighted by Crippen LogP contribution is -2.42. The van der Waals surface area contributed by atoms with Gasteiger partial charge in [0, 0.05) is 44.2 Å². The van der Waals surface area contributed by atoms with Gasteiger partial charge in [-0.05, 0) is 5.92 Å². The molecule has 16 heavy (non-hydrogen) atoms. The van der Waals surface area contributed by atoms with Crippen molar-refractivity contribution in [3.05, 3.63) is 0 Å². The van der Waals surface area contributed by atoms with Crippen LogP contribution in [0, 0.1) is 5.92 Å². The summed E-state index contributed by atoms with van der Waals surface area (Å²) in [4.78, 5) is 11.6. The summed E-state index contributed by atoms with van der Waals surface area (Å²) in [7, 11) is 1.68. The molecule has 0 spiro atoms. The lowest BCUT2D eigenvalue weighted by atomic mass is 10.2. The molecule has 0 bridgehead atoms. The van der Waals surface area contributed by atoms with Gasteiger partial charge in [-0.3, -0.25) is 4.79 Å². The van der Waals surface area contributed by atoms with Crippen molar-refractivity contribution in [2.24, 2.45) is 5.92 Å². The van der Waals surface area contributed by atoms with Gasteiger partial charge in [-0.2, -0.15) is 11.8 Å². The Balaban J connectivity index is 2.10. The second kappa shape index (κ2) is 7.92. The minimum Gasteiger partial charge on any atom is -0.384 e. The Bertz CT molecular complexity index is 208. The smallest absolute Gasteiger partial charge is 0.221 e. The van der Waals surface area contributed by atoms with Gasteiger partial charge in [-0.25, -0.2) is 0 Å². The van der Waals surface area contributed by atoms with Gasteiger partial charge in [-0.15, -0.1) is 0 Å². The Morgan fingerprint density at radius 3 is 3.12 bits per heavy atom. The first kappa shape index (κ1) is 13.8. The fraction of sp³-hybridized carbons (Fsp3) is 0.909. The van der Waals surface area contributed by atoms with E-state index in [9.17, 15) is 4.79 Å². The van der Waals surface area contributed by atoms with E-state index in [4.69, 9.17) is 4.74 Å². The molecule has 0 aromatic heterocycles. The molecular formula is C11H22N2O2S. The first-order valence-corrected chi connectivity index (χ1v) is 6.94. The Labute approximate surface area is 102 Å². The van der Waals surface area contributed by atoms with Crippen molar-refractivity contribution in [1.29, 1.82) is 0 Å². The highest BCUT2D eigenvalue weighted by Crippen LogP contribution is 2.09. The Kier molecular flexibility index (Phi) is 6.84. The number of carbonyl (C=O) groups is 1. The number of thioether (sulfide) groups is 1. The Hall–Kier alpha value is -0.260. The highest BCUT2D eigenvalue weighted by atomic mass is 32.2. The zero-order chi connectivity index (χ0) is 11.8. The molecule has 0 saturated carbocycles. The maximum absolute atomic E-state index is 11.6. The fourth-order valence-electron chi connectivity index (χ4n) is 1.68. The lowest BCUT2D eigenvalue weighted by molar-refractivity contribution is -0.121. The van der Waals surface area contributed by atoms with Crippen molar-refractivity contribution >= 4 is 17.7 Å². The van der Waals surface area contributed by atoms with E-state index in [1.165, 1.54) is 0 Å². The molecule has 0 aliphatic carbocycles. The first-order chi connectivity index (χ1) is 7.72. The van der Waals surface area contributed by atoms with E-state index in [1.807, 2.05) is 11.8 Å². The van der Waals surface area contributed by atoms with Crippen molar-refractivity contribution in [3.63, 3.8) is 0 Å². The molecule has 0 aromatic rings. The van der Waals surface area contributed by atoms with Gasteiger partial charge in [0.1, 0.15) is 0 Å². The normalized spacial score (nSPS) is 22.8. The maximum atomic E-state index is 11.6. The molecule has 5 heteroatoms. The van der Waals surface area contributed by atoms with E-state index in [2.05, 4.69) is 17.6 Å². The Morgan fingerprint density at radius 1 is 1.69 bits per heavy atom. The van der Waals surface area contributed by atoms with E-state index < -0.39 is 0 Å². The average molecular weight is 246 g/mol. The van der Waals surface area contributed by atoms with Crippen LogP contribution in [0.5, 0.6) is 0 Å². The number of hydrogen-bond acceptors (Lipinski definition) is 4. The zero-order valence-corrected chi connectivity index (χ0v) is 10.9. The molecule has 1 rings (SSSR count). The number of carbonyl (C=O) groups excluding carboxylic acids is 1. The maximum Gasteiger partial charge on any atom is 0.221 e. The number of methoxy groups -OCH3 is 1. The standard InChI is InChI=1S/C11H22N2O2S/c1-9(7-15-2)6-13-11(14)5-10-8-16-4-3-12-10/h9-10,12H,3-8H2,1-2H3,(H,13,14). The van der Waals surface area contributed by atoms with E-state index in [-0.39, 0.29) is 5.91 Å². The van der Waals surface area contributed by atoms with E-state index in [0.29, 0.717) is 31.5 Å². The fourth-order valence-corrected chi connectivity index (χ4v) is 2.63. The van der Waals surface area contributed by atoms with Crippen molar-refractivity contribution in [1.82, 2.24) is 10.6 Å². The molecule has 0 aromatic carbocycles. The third-order valence-electron chi connectivity index (χ3n) is 2.53. The van der Waals surface area contributed by atoms with Crippen LogP contribution in [0.3, 0.4) is 0 Å². The summed E-state index contributed by atoms with van der Waals surface area (Å²) in [6, 6.07) is 0.344. The van der Waals surface area contributed by atoms with Gasteiger partial charge < -0.3 is 15.4 Å². The number of hydrogen-bond donors (Lipinski definition) is 2. The van der Waals surface area contributed by atoms with Gasteiger partial charge in [0.2, 0.25) is 5.91 Å². The molecule has 2 atom stereocenters. The van der Waals surface area contributed by atoms with Gasteiger partial charge >= 0.3 is 0 Å². The van der Waals surface area contributed by atoms with Crippen LogP contribution in [0.2, 0.25) is 0 Å². The van der Waals surface area contributed by atoms with E-state index in [1.54, 1.807) is 7.11 Å². The van der Waals surface area contributed by atoms with Gasteiger partial charge in [0.15, 0.2) is 0 Å². The van der Waals surface area contributed by atoms with Crippen LogP contribution in [-0.2, 0) is 9.53 Å². The minimum atomic E-state index is 0.142. The van der Waals surface area contributed by atoms with Crippen LogP contribution in [0.25, 0.3) is 0 Å². The summed E-state index contributed by atoms with van der Waals surface area (Å²) in [5.74, 6) is 2.72. The third-order valence-corrected chi connectivity index (χ3v) is 3.66. The molecule has 2 unspecified atom stereocenters. The lowest BCUT2D eigenvalue weighted by Gasteiger charge is -2.22. The summed E-state index contributed by atoms with van der Waals surface area (Å²) >= 11 is 1.92. The minimum absolute atomic E-state index is 0.142. The van der Waals surface area contributed by atoms with Gasteiger partial charge in [0.05, 0.1) is 6.61 Å². The highest BCUT2D eigenvalue weighted by molar-refractivity contribution is 7.99. The Morgan fingerprint density at radius 2 is 2.50 bits per heavy atom. The zero-order valence-electron chi connectivity index (χ0n) is 10.1. The van der Waals surface area contributed by atoms with E-state index in [0.717, 1.165) is 18.1 Å². The largest absolute Gasteiger partial charge is 0.384 e. The number of amides is 1. The van der Waals surface area contributed by atoms with Crippen molar-refractivity contribution in [2.45, 2.75) is 19.4 Å². The second-order valence-corrected chi connectivity index (χ2v) is 5.44. The second-order valence-electron chi connectivity index (χ2n) is 4.29. The van der Waals surface area contributed by atoms with Crippen LogP contribution in [0.4, 0.5) is 0 Å². The summed E-state index contributed by atoms with van der Waals surface area (Å²) in [5, 5.41) is 6.30. The SMILES string of the molecule is COCC(C)CNC(=O)CC1CSCCN1. The number of ether oxygens (including phenoxy) is 1. The molecular weight excluding hydrogens is 224 g/mol. The molecule has 2 N–H and O–H groups in total. The number of rotatable bonds is 6. The van der Waals surface area contributed by atoms with Crippen molar-refractivity contribution in [2.75, 3.05) is 38.3 Å². The summed E-state index contributed by atoms with van der Waals surface area (Å²) in [6.07, 6.45) is 0.590. The number of nitrogens with one attached hydrogen (secondary N) is 2. The predicted molar refractivity (Wildman–Crippen MR) is 67.8 cm³/mol. The van der Waals surface area contributed by atoms with Crippen LogP contribution in [0.1, 0.15) is 13.3 Å². The van der Waals surface area contributed by atoms with E-state index >= 15 is 0 Å². The predicted octanol–water partition coefficient (Wildman–Crippen LogP) is 0.480. The molecule has 1 fully saturated rings. The highest BCUT2D eigenvalue weighted by Gasteiger charge is 2.16. The van der Waals surface area contributed by atoms with Crippen molar-refractivity contribution in [3.8, 4) is 0 Å².